The van der Waals surface area contributed by atoms with Gasteiger partial charge in [0.1, 0.15) is 5.82 Å². The minimum atomic E-state index is -0.477. The topological polar surface area (TPSA) is 41.1 Å². The fourth-order valence-corrected chi connectivity index (χ4v) is 1.48. The van der Waals surface area contributed by atoms with Crippen LogP contribution >= 0.6 is 0 Å². The molecule has 86 valence electrons. The minimum absolute atomic E-state index is 0.105. The van der Waals surface area contributed by atoms with Crippen LogP contribution in [0.15, 0.2) is 24.3 Å². The van der Waals surface area contributed by atoms with Crippen LogP contribution in [-0.4, -0.2) is 25.0 Å². The van der Waals surface area contributed by atoms with Gasteiger partial charge < -0.3 is 10.6 Å². The first-order valence-corrected chi connectivity index (χ1v) is 5.53. The second-order valence-corrected chi connectivity index (χ2v) is 3.96. The zero-order valence-corrected chi connectivity index (χ0v) is 9.00. The Bertz CT molecular complexity index is 377. The Balaban J connectivity index is 1.76. The summed E-state index contributed by atoms with van der Waals surface area (Å²) in [5, 5.41) is 5.95. The minimum Gasteiger partial charge on any atom is -0.351 e. The molecule has 0 spiro atoms. The quantitative estimate of drug-likeness (QED) is 0.737. The lowest BCUT2D eigenvalue weighted by Gasteiger charge is -2.06. The molecule has 1 aromatic carbocycles. The molecule has 0 saturated heterocycles. The Morgan fingerprint density at radius 1 is 1.31 bits per heavy atom. The normalized spacial score (nSPS) is 14.8. The van der Waals surface area contributed by atoms with Crippen molar-refractivity contribution in [3.63, 3.8) is 0 Å². The number of halogens is 1. The van der Waals surface area contributed by atoms with Crippen molar-refractivity contribution in [2.24, 2.45) is 0 Å². The zero-order chi connectivity index (χ0) is 11.4. The largest absolute Gasteiger partial charge is 0.351 e. The molecule has 1 fully saturated rings. The van der Waals surface area contributed by atoms with Crippen molar-refractivity contribution in [2.75, 3.05) is 13.1 Å². The van der Waals surface area contributed by atoms with Crippen LogP contribution in [0.4, 0.5) is 4.39 Å². The molecule has 1 aromatic rings. The molecule has 1 saturated carbocycles. The number of hydrogen-bond acceptors (Lipinski definition) is 2. The van der Waals surface area contributed by atoms with Gasteiger partial charge in [-0.25, -0.2) is 4.39 Å². The third-order valence-corrected chi connectivity index (χ3v) is 2.54. The number of amides is 1. The number of rotatable bonds is 5. The van der Waals surface area contributed by atoms with Crippen molar-refractivity contribution in [3.05, 3.63) is 35.6 Å². The van der Waals surface area contributed by atoms with Gasteiger partial charge in [-0.05, 0) is 25.0 Å². The first-order valence-electron chi connectivity index (χ1n) is 5.53. The fourth-order valence-electron chi connectivity index (χ4n) is 1.48. The molecule has 0 bridgehead atoms. The highest BCUT2D eigenvalue weighted by Gasteiger charge is 2.19. The molecule has 0 atom stereocenters. The van der Waals surface area contributed by atoms with Crippen LogP contribution < -0.4 is 10.6 Å². The van der Waals surface area contributed by atoms with Crippen LogP contribution in [0.1, 0.15) is 23.2 Å². The van der Waals surface area contributed by atoms with Gasteiger partial charge in [-0.1, -0.05) is 12.1 Å². The van der Waals surface area contributed by atoms with Crippen molar-refractivity contribution in [1.29, 1.82) is 0 Å². The molecule has 1 aliphatic rings. The highest BCUT2D eigenvalue weighted by molar-refractivity contribution is 5.94. The summed E-state index contributed by atoms with van der Waals surface area (Å²) in [7, 11) is 0. The van der Waals surface area contributed by atoms with E-state index in [1.54, 1.807) is 12.1 Å². The number of carbonyl (C=O) groups excluding carboxylic acids is 1. The van der Waals surface area contributed by atoms with Crippen molar-refractivity contribution in [1.82, 2.24) is 10.6 Å². The summed E-state index contributed by atoms with van der Waals surface area (Å²) in [6.45, 7) is 1.27. The van der Waals surface area contributed by atoms with E-state index in [0.717, 1.165) is 6.54 Å². The van der Waals surface area contributed by atoms with Crippen molar-refractivity contribution < 1.29 is 9.18 Å². The van der Waals surface area contributed by atoms with E-state index >= 15 is 0 Å². The summed E-state index contributed by atoms with van der Waals surface area (Å²) in [6.07, 6.45) is 2.45. The highest BCUT2D eigenvalue weighted by Crippen LogP contribution is 2.17. The third-order valence-electron chi connectivity index (χ3n) is 2.54. The first-order chi connectivity index (χ1) is 7.77. The van der Waals surface area contributed by atoms with Crippen molar-refractivity contribution >= 4 is 5.91 Å². The van der Waals surface area contributed by atoms with Gasteiger partial charge in [0.15, 0.2) is 0 Å². The molecule has 0 aromatic heterocycles. The van der Waals surface area contributed by atoms with E-state index in [2.05, 4.69) is 10.6 Å². The number of carbonyl (C=O) groups is 1. The predicted octanol–water partition coefficient (Wildman–Crippen LogP) is 1.31. The highest BCUT2D eigenvalue weighted by atomic mass is 19.1. The van der Waals surface area contributed by atoms with E-state index in [1.807, 2.05) is 0 Å². The Morgan fingerprint density at radius 2 is 2.06 bits per heavy atom. The van der Waals surface area contributed by atoms with Gasteiger partial charge in [-0.2, -0.15) is 0 Å². The Kier molecular flexibility index (Phi) is 3.51. The summed E-state index contributed by atoms with van der Waals surface area (Å²) in [5.74, 6) is -0.828. The summed E-state index contributed by atoms with van der Waals surface area (Å²) < 4.78 is 13.2. The third kappa shape index (κ3) is 3.03. The Morgan fingerprint density at radius 3 is 2.75 bits per heavy atom. The Hall–Kier alpha value is -1.42. The molecule has 0 radical (unpaired) electrons. The first kappa shape index (κ1) is 11.1. The van der Waals surface area contributed by atoms with Crippen molar-refractivity contribution in [2.45, 2.75) is 18.9 Å². The van der Waals surface area contributed by atoms with Gasteiger partial charge in [0, 0.05) is 19.1 Å². The number of benzene rings is 1. The molecular weight excluding hydrogens is 207 g/mol. The Labute approximate surface area is 94.0 Å². The van der Waals surface area contributed by atoms with Crippen LogP contribution in [-0.2, 0) is 0 Å². The van der Waals surface area contributed by atoms with E-state index in [9.17, 15) is 9.18 Å². The summed E-state index contributed by atoms with van der Waals surface area (Å²) in [5.41, 5.74) is 0.105. The second-order valence-electron chi connectivity index (χ2n) is 3.96. The standard InChI is InChI=1S/C12H15FN2O/c13-11-4-2-1-3-10(11)12(16)15-8-7-14-9-5-6-9/h1-4,9,14H,5-8H2,(H,15,16). The average Bonchev–Trinajstić information content (AvgIpc) is 3.08. The SMILES string of the molecule is O=C(NCCNC1CC1)c1ccccc1F. The smallest absolute Gasteiger partial charge is 0.254 e. The zero-order valence-electron chi connectivity index (χ0n) is 9.00. The van der Waals surface area contributed by atoms with Gasteiger partial charge in [0.05, 0.1) is 5.56 Å². The average molecular weight is 222 g/mol. The molecule has 2 N–H and O–H groups in total. The van der Waals surface area contributed by atoms with E-state index in [-0.39, 0.29) is 11.5 Å². The van der Waals surface area contributed by atoms with Gasteiger partial charge in [-0.15, -0.1) is 0 Å². The molecule has 16 heavy (non-hydrogen) atoms. The van der Waals surface area contributed by atoms with Crippen LogP contribution in [0.5, 0.6) is 0 Å². The lowest BCUT2D eigenvalue weighted by Crippen LogP contribution is -2.33. The molecule has 0 aliphatic heterocycles. The van der Waals surface area contributed by atoms with Crippen LogP contribution in [0.2, 0.25) is 0 Å². The molecule has 2 rings (SSSR count). The summed E-state index contributed by atoms with van der Waals surface area (Å²) in [6, 6.07) is 6.63. The molecule has 0 unspecified atom stereocenters. The van der Waals surface area contributed by atoms with E-state index in [1.165, 1.54) is 25.0 Å². The number of nitrogens with one attached hydrogen (secondary N) is 2. The van der Waals surface area contributed by atoms with E-state index < -0.39 is 5.82 Å². The molecule has 0 heterocycles. The van der Waals surface area contributed by atoms with Crippen LogP contribution in [0.3, 0.4) is 0 Å². The van der Waals surface area contributed by atoms with Gasteiger partial charge in [0.2, 0.25) is 0 Å². The predicted molar refractivity (Wildman–Crippen MR) is 59.8 cm³/mol. The van der Waals surface area contributed by atoms with Crippen LogP contribution in [0, 0.1) is 5.82 Å². The molecule has 4 heteroatoms. The van der Waals surface area contributed by atoms with Gasteiger partial charge >= 0.3 is 0 Å². The second kappa shape index (κ2) is 5.07. The summed E-state index contributed by atoms with van der Waals surface area (Å²) in [4.78, 5) is 11.5. The van der Waals surface area contributed by atoms with Crippen LogP contribution in [0.25, 0.3) is 0 Å². The maximum atomic E-state index is 13.2. The number of hydrogen-bond donors (Lipinski definition) is 2. The summed E-state index contributed by atoms with van der Waals surface area (Å²) >= 11 is 0. The lowest BCUT2D eigenvalue weighted by molar-refractivity contribution is 0.0950. The fraction of sp³-hybridized carbons (Fsp3) is 0.417. The van der Waals surface area contributed by atoms with Crippen molar-refractivity contribution in [3.8, 4) is 0 Å². The lowest BCUT2D eigenvalue weighted by atomic mass is 10.2. The monoisotopic (exact) mass is 222 g/mol. The van der Waals surface area contributed by atoms with Gasteiger partial charge in [-0.3, -0.25) is 4.79 Å². The maximum Gasteiger partial charge on any atom is 0.254 e. The van der Waals surface area contributed by atoms with E-state index in [4.69, 9.17) is 0 Å². The van der Waals surface area contributed by atoms with Gasteiger partial charge in [0.25, 0.3) is 5.91 Å². The van der Waals surface area contributed by atoms with E-state index in [0.29, 0.717) is 12.6 Å². The molecule has 1 aliphatic carbocycles. The molecular formula is C12H15FN2O. The molecule has 1 amide bonds. The maximum absolute atomic E-state index is 13.2. The molecule has 3 nitrogen and oxygen atoms in total.